The molecule has 0 radical (unpaired) electrons. The van der Waals surface area contributed by atoms with E-state index in [1.165, 1.54) is 0 Å². The maximum atomic E-state index is 11.9. The maximum Gasteiger partial charge on any atom is 0.240 e. The van der Waals surface area contributed by atoms with Gasteiger partial charge in [-0.3, -0.25) is 9.10 Å². The van der Waals surface area contributed by atoms with E-state index in [9.17, 15) is 13.2 Å². The third-order valence-corrected chi connectivity index (χ3v) is 3.97. The van der Waals surface area contributed by atoms with Gasteiger partial charge in [-0.05, 0) is 32.4 Å². The molecule has 0 spiro atoms. The Hall–Kier alpha value is -1.60. The summed E-state index contributed by atoms with van der Waals surface area (Å²) >= 11 is 0. The summed E-state index contributed by atoms with van der Waals surface area (Å²) in [6.45, 7) is 4.68. The van der Waals surface area contributed by atoms with Crippen molar-refractivity contribution in [1.82, 2.24) is 5.32 Å². The molecule has 124 valence electrons. The Kier molecular flexibility index (Phi) is 7.34. The van der Waals surface area contributed by atoms with Crippen LogP contribution in [-0.2, 0) is 19.6 Å². The number of rotatable bonds is 9. The topological polar surface area (TPSA) is 75.7 Å². The molecule has 0 aliphatic rings. The number of hydrogen-bond donors (Lipinski definition) is 1. The average Bonchev–Trinajstić information content (AvgIpc) is 2.44. The molecule has 0 aromatic heterocycles. The monoisotopic (exact) mass is 328 g/mol. The SMILES string of the molecule is CC(C)OCCCNC(=O)CN(c1ccccc1)S(C)(=O)=O. The minimum Gasteiger partial charge on any atom is -0.379 e. The van der Waals surface area contributed by atoms with Gasteiger partial charge in [-0.1, -0.05) is 18.2 Å². The van der Waals surface area contributed by atoms with Gasteiger partial charge in [0.05, 0.1) is 18.0 Å². The molecule has 0 aliphatic heterocycles. The van der Waals surface area contributed by atoms with Gasteiger partial charge < -0.3 is 10.1 Å². The number of nitrogens with one attached hydrogen (secondary N) is 1. The lowest BCUT2D eigenvalue weighted by Gasteiger charge is -2.21. The highest BCUT2D eigenvalue weighted by atomic mass is 32.2. The molecule has 1 rings (SSSR count). The minimum absolute atomic E-state index is 0.162. The third-order valence-electron chi connectivity index (χ3n) is 2.83. The van der Waals surface area contributed by atoms with Gasteiger partial charge in [-0.25, -0.2) is 8.42 Å². The second-order valence-electron chi connectivity index (χ2n) is 5.23. The summed E-state index contributed by atoms with van der Waals surface area (Å²) in [5.74, 6) is -0.334. The Morgan fingerprint density at radius 1 is 1.27 bits per heavy atom. The number of carbonyl (C=O) groups is 1. The van der Waals surface area contributed by atoms with E-state index < -0.39 is 10.0 Å². The second-order valence-corrected chi connectivity index (χ2v) is 7.14. The quantitative estimate of drug-likeness (QED) is 0.695. The molecular formula is C15H24N2O4S. The predicted molar refractivity (Wildman–Crippen MR) is 87.3 cm³/mol. The molecule has 0 saturated carbocycles. The standard InChI is InChI=1S/C15H24N2O4S/c1-13(2)21-11-7-10-16-15(18)12-17(22(3,19)20)14-8-5-4-6-9-14/h4-6,8-9,13H,7,10-12H2,1-3H3,(H,16,18). The Morgan fingerprint density at radius 2 is 1.91 bits per heavy atom. The zero-order valence-corrected chi connectivity index (χ0v) is 14.1. The summed E-state index contributed by atoms with van der Waals surface area (Å²) < 4.78 is 30.2. The number of hydrogen-bond acceptors (Lipinski definition) is 4. The van der Waals surface area contributed by atoms with Crippen LogP contribution in [0.2, 0.25) is 0 Å². The number of amides is 1. The Morgan fingerprint density at radius 3 is 2.45 bits per heavy atom. The fraction of sp³-hybridized carbons (Fsp3) is 0.533. The van der Waals surface area contributed by atoms with Crippen LogP contribution in [0.25, 0.3) is 0 Å². The molecule has 0 heterocycles. The summed E-state index contributed by atoms with van der Waals surface area (Å²) in [6.07, 6.45) is 1.94. The van der Waals surface area contributed by atoms with Crippen LogP contribution in [-0.4, -0.2) is 46.4 Å². The van der Waals surface area contributed by atoms with Crippen molar-refractivity contribution in [1.29, 1.82) is 0 Å². The molecule has 1 aromatic rings. The van der Waals surface area contributed by atoms with Crippen LogP contribution in [0.1, 0.15) is 20.3 Å². The largest absolute Gasteiger partial charge is 0.379 e. The lowest BCUT2D eigenvalue weighted by Crippen LogP contribution is -2.40. The van der Waals surface area contributed by atoms with E-state index in [-0.39, 0.29) is 18.6 Å². The molecular weight excluding hydrogens is 304 g/mol. The molecule has 0 bridgehead atoms. The van der Waals surface area contributed by atoms with Crippen LogP contribution in [0.5, 0.6) is 0 Å². The number of para-hydroxylation sites is 1. The van der Waals surface area contributed by atoms with Gasteiger partial charge in [0.25, 0.3) is 0 Å². The van der Waals surface area contributed by atoms with E-state index in [1.54, 1.807) is 30.3 Å². The first-order chi connectivity index (χ1) is 10.3. The van der Waals surface area contributed by atoms with Gasteiger partial charge in [-0.2, -0.15) is 0 Å². The van der Waals surface area contributed by atoms with E-state index in [1.807, 2.05) is 13.8 Å². The number of carbonyl (C=O) groups excluding carboxylic acids is 1. The first-order valence-corrected chi connectivity index (χ1v) is 9.06. The molecule has 0 fully saturated rings. The highest BCUT2D eigenvalue weighted by molar-refractivity contribution is 7.92. The number of benzene rings is 1. The first-order valence-electron chi connectivity index (χ1n) is 7.21. The molecule has 6 nitrogen and oxygen atoms in total. The fourth-order valence-electron chi connectivity index (χ4n) is 1.80. The zero-order chi connectivity index (χ0) is 16.6. The van der Waals surface area contributed by atoms with Gasteiger partial charge in [0.15, 0.2) is 0 Å². The summed E-state index contributed by atoms with van der Waals surface area (Å²) in [4.78, 5) is 11.9. The van der Waals surface area contributed by atoms with Crippen molar-refractivity contribution in [3.63, 3.8) is 0 Å². The van der Waals surface area contributed by atoms with Crippen molar-refractivity contribution in [2.75, 3.05) is 30.3 Å². The van der Waals surface area contributed by atoms with Crippen molar-refractivity contribution >= 4 is 21.6 Å². The molecule has 0 atom stereocenters. The smallest absolute Gasteiger partial charge is 0.240 e. The number of sulfonamides is 1. The first kappa shape index (κ1) is 18.4. The van der Waals surface area contributed by atoms with Gasteiger partial charge >= 0.3 is 0 Å². The predicted octanol–water partition coefficient (Wildman–Crippen LogP) is 1.38. The average molecular weight is 328 g/mol. The van der Waals surface area contributed by atoms with Gasteiger partial charge in [0.1, 0.15) is 6.54 Å². The lowest BCUT2D eigenvalue weighted by atomic mass is 10.3. The van der Waals surface area contributed by atoms with Crippen LogP contribution in [0.15, 0.2) is 30.3 Å². The van der Waals surface area contributed by atoms with Crippen LogP contribution < -0.4 is 9.62 Å². The molecule has 0 aliphatic carbocycles. The van der Waals surface area contributed by atoms with E-state index in [4.69, 9.17) is 4.74 Å². The fourth-order valence-corrected chi connectivity index (χ4v) is 2.66. The van der Waals surface area contributed by atoms with Crippen molar-refractivity contribution in [3.05, 3.63) is 30.3 Å². The molecule has 0 unspecified atom stereocenters. The van der Waals surface area contributed by atoms with E-state index >= 15 is 0 Å². The minimum atomic E-state index is -3.51. The van der Waals surface area contributed by atoms with E-state index in [0.29, 0.717) is 25.3 Å². The van der Waals surface area contributed by atoms with Gasteiger partial charge in [0, 0.05) is 13.2 Å². The normalized spacial score (nSPS) is 11.5. The van der Waals surface area contributed by atoms with Crippen LogP contribution in [0.3, 0.4) is 0 Å². The molecule has 1 amide bonds. The Bertz CT molecular complexity index is 558. The van der Waals surface area contributed by atoms with Crippen molar-refractivity contribution < 1.29 is 17.9 Å². The summed E-state index contributed by atoms with van der Waals surface area (Å²) in [5.41, 5.74) is 0.475. The van der Waals surface area contributed by atoms with Crippen LogP contribution >= 0.6 is 0 Å². The molecule has 22 heavy (non-hydrogen) atoms. The zero-order valence-electron chi connectivity index (χ0n) is 13.3. The molecule has 7 heteroatoms. The second kappa shape index (κ2) is 8.75. The highest BCUT2D eigenvalue weighted by Crippen LogP contribution is 2.15. The maximum absolute atomic E-state index is 11.9. The van der Waals surface area contributed by atoms with Crippen molar-refractivity contribution in [2.24, 2.45) is 0 Å². The summed E-state index contributed by atoms with van der Waals surface area (Å²) in [7, 11) is -3.51. The van der Waals surface area contributed by atoms with Crippen molar-refractivity contribution in [3.8, 4) is 0 Å². The number of anilines is 1. The highest BCUT2D eigenvalue weighted by Gasteiger charge is 2.20. The van der Waals surface area contributed by atoms with E-state index in [2.05, 4.69) is 5.32 Å². The van der Waals surface area contributed by atoms with Crippen molar-refractivity contribution in [2.45, 2.75) is 26.4 Å². The number of nitrogens with zero attached hydrogens (tertiary/aromatic N) is 1. The number of ether oxygens (including phenoxy) is 1. The summed E-state index contributed by atoms with van der Waals surface area (Å²) in [5, 5.41) is 2.70. The van der Waals surface area contributed by atoms with Crippen LogP contribution in [0, 0.1) is 0 Å². The molecule has 1 aromatic carbocycles. The summed E-state index contributed by atoms with van der Waals surface area (Å²) in [6, 6.07) is 8.57. The van der Waals surface area contributed by atoms with Gasteiger partial charge in [-0.15, -0.1) is 0 Å². The Balaban J connectivity index is 2.52. The third kappa shape index (κ3) is 6.91. The molecule has 0 saturated heterocycles. The van der Waals surface area contributed by atoms with Gasteiger partial charge in [0.2, 0.25) is 15.9 Å². The molecule has 1 N–H and O–H groups in total. The van der Waals surface area contributed by atoms with E-state index in [0.717, 1.165) is 10.6 Å². The van der Waals surface area contributed by atoms with Crippen LogP contribution in [0.4, 0.5) is 5.69 Å². The Labute approximate surface area is 132 Å². The lowest BCUT2D eigenvalue weighted by molar-refractivity contribution is -0.119.